The standard InChI is InChI=1S/C16H13Br2NO2/c17-11-5-9-3-4-21-16(9)10(6-11)7-15(20)13-8-12(19)1-2-14(13)18/h1-2,5-6,8H,3-4,7,19H2. The minimum Gasteiger partial charge on any atom is -0.493 e. The Bertz CT molecular complexity index is 728. The quantitative estimate of drug-likeness (QED) is 0.610. The Kier molecular flexibility index (Phi) is 4.04. The predicted octanol–water partition coefficient (Wildman–Crippen LogP) is 4.15. The number of nitrogens with two attached hydrogens (primary N) is 1. The topological polar surface area (TPSA) is 52.3 Å². The Hall–Kier alpha value is -1.33. The summed E-state index contributed by atoms with van der Waals surface area (Å²) in [5.74, 6) is 0.872. The molecule has 5 heteroatoms. The van der Waals surface area contributed by atoms with Crippen LogP contribution in [0.25, 0.3) is 0 Å². The Morgan fingerprint density at radius 2 is 2.05 bits per heavy atom. The summed E-state index contributed by atoms with van der Waals surface area (Å²) < 4.78 is 7.40. The highest BCUT2D eigenvalue weighted by Crippen LogP contribution is 2.34. The van der Waals surface area contributed by atoms with Gasteiger partial charge in [-0.15, -0.1) is 0 Å². The van der Waals surface area contributed by atoms with Crippen LogP contribution >= 0.6 is 31.9 Å². The Balaban J connectivity index is 1.94. The second kappa shape index (κ2) is 5.81. The molecule has 0 spiro atoms. The van der Waals surface area contributed by atoms with E-state index < -0.39 is 0 Å². The molecule has 0 fully saturated rings. The van der Waals surface area contributed by atoms with Crippen molar-refractivity contribution >= 4 is 43.3 Å². The molecule has 2 aromatic carbocycles. The lowest BCUT2D eigenvalue weighted by Crippen LogP contribution is -2.06. The lowest BCUT2D eigenvalue weighted by Gasteiger charge is -2.10. The van der Waals surface area contributed by atoms with Crippen molar-refractivity contribution in [1.82, 2.24) is 0 Å². The van der Waals surface area contributed by atoms with Gasteiger partial charge in [-0.1, -0.05) is 31.9 Å². The number of carbonyl (C=O) groups is 1. The summed E-state index contributed by atoms with van der Waals surface area (Å²) in [6.07, 6.45) is 1.18. The number of anilines is 1. The van der Waals surface area contributed by atoms with Gasteiger partial charge in [0, 0.05) is 38.6 Å². The van der Waals surface area contributed by atoms with Gasteiger partial charge in [0.2, 0.25) is 0 Å². The molecule has 3 rings (SSSR count). The fraction of sp³-hybridized carbons (Fsp3) is 0.188. The van der Waals surface area contributed by atoms with Gasteiger partial charge in [0.15, 0.2) is 5.78 Å². The van der Waals surface area contributed by atoms with E-state index in [1.807, 2.05) is 12.1 Å². The van der Waals surface area contributed by atoms with Crippen LogP contribution in [-0.4, -0.2) is 12.4 Å². The lowest BCUT2D eigenvalue weighted by atomic mass is 10.00. The highest BCUT2D eigenvalue weighted by Gasteiger charge is 2.20. The van der Waals surface area contributed by atoms with Crippen molar-refractivity contribution in [2.75, 3.05) is 12.3 Å². The second-order valence-corrected chi connectivity index (χ2v) is 6.76. The minimum atomic E-state index is 0.0185. The first kappa shape index (κ1) is 14.6. The summed E-state index contributed by atoms with van der Waals surface area (Å²) in [4.78, 5) is 12.5. The van der Waals surface area contributed by atoms with Crippen LogP contribution in [0, 0.1) is 0 Å². The van der Waals surface area contributed by atoms with Crippen LogP contribution < -0.4 is 10.5 Å². The van der Waals surface area contributed by atoms with Gasteiger partial charge in [0.25, 0.3) is 0 Å². The van der Waals surface area contributed by atoms with Gasteiger partial charge in [0.05, 0.1) is 6.61 Å². The number of ketones is 1. The number of carbonyl (C=O) groups excluding carboxylic acids is 1. The molecule has 2 N–H and O–H groups in total. The average molecular weight is 411 g/mol. The van der Waals surface area contributed by atoms with Gasteiger partial charge in [-0.2, -0.15) is 0 Å². The van der Waals surface area contributed by atoms with Crippen LogP contribution in [0.3, 0.4) is 0 Å². The summed E-state index contributed by atoms with van der Waals surface area (Å²) in [7, 11) is 0. The molecule has 0 bridgehead atoms. The van der Waals surface area contributed by atoms with Crippen LogP contribution in [0.15, 0.2) is 39.3 Å². The van der Waals surface area contributed by atoms with E-state index in [-0.39, 0.29) is 5.78 Å². The molecule has 0 radical (unpaired) electrons. The lowest BCUT2D eigenvalue weighted by molar-refractivity contribution is 0.0991. The molecular weight excluding hydrogens is 398 g/mol. The third-order valence-electron chi connectivity index (χ3n) is 3.47. The maximum Gasteiger partial charge on any atom is 0.168 e. The first-order chi connectivity index (χ1) is 10.0. The summed E-state index contributed by atoms with van der Waals surface area (Å²) in [5.41, 5.74) is 9.01. The average Bonchev–Trinajstić information content (AvgIpc) is 2.89. The Morgan fingerprint density at radius 1 is 1.24 bits per heavy atom. The van der Waals surface area contributed by atoms with Crippen molar-refractivity contribution in [3.05, 3.63) is 56.0 Å². The van der Waals surface area contributed by atoms with Gasteiger partial charge in [-0.3, -0.25) is 4.79 Å². The number of nitrogen functional groups attached to an aromatic ring is 1. The third-order valence-corrected chi connectivity index (χ3v) is 4.62. The summed E-state index contributed by atoms with van der Waals surface area (Å²) in [6.45, 7) is 0.676. The number of ether oxygens (including phenoxy) is 1. The summed E-state index contributed by atoms with van der Waals surface area (Å²) >= 11 is 6.90. The first-order valence-electron chi connectivity index (χ1n) is 6.57. The minimum absolute atomic E-state index is 0.0185. The predicted molar refractivity (Wildman–Crippen MR) is 89.9 cm³/mol. The molecule has 3 nitrogen and oxygen atoms in total. The fourth-order valence-corrected chi connectivity index (χ4v) is 3.52. The van der Waals surface area contributed by atoms with Crippen molar-refractivity contribution in [3.63, 3.8) is 0 Å². The van der Waals surface area contributed by atoms with E-state index in [0.717, 1.165) is 32.2 Å². The van der Waals surface area contributed by atoms with E-state index in [9.17, 15) is 4.79 Å². The van der Waals surface area contributed by atoms with E-state index in [0.29, 0.717) is 24.3 Å². The van der Waals surface area contributed by atoms with Crippen LogP contribution in [-0.2, 0) is 12.8 Å². The van der Waals surface area contributed by atoms with E-state index >= 15 is 0 Å². The van der Waals surface area contributed by atoms with Gasteiger partial charge >= 0.3 is 0 Å². The highest BCUT2D eigenvalue weighted by atomic mass is 79.9. The monoisotopic (exact) mass is 409 g/mol. The van der Waals surface area contributed by atoms with E-state index in [1.54, 1.807) is 18.2 Å². The van der Waals surface area contributed by atoms with Crippen molar-refractivity contribution < 1.29 is 9.53 Å². The molecule has 0 unspecified atom stereocenters. The molecule has 0 saturated heterocycles. The SMILES string of the molecule is Nc1ccc(Br)c(C(=O)Cc2cc(Br)cc3c2OCC3)c1. The summed E-state index contributed by atoms with van der Waals surface area (Å²) in [6, 6.07) is 9.26. The van der Waals surface area contributed by atoms with Crippen molar-refractivity contribution in [3.8, 4) is 5.75 Å². The number of halogens is 2. The molecule has 0 saturated carbocycles. The highest BCUT2D eigenvalue weighted by molar-refractivity contribution is 9.10. The molecular formula is C16H13Br2NO2. The number of hydrogen-bond donors (Lipinski definition) is 1. The maximum absolute atomic E-state index is 12.5. The number of hydrogen-bond acceptors (Lipinski definition) is 3. The van der Waals surface area contributed by atoms with Crippen molar-refractivity contribution in [2.45, 2.75) is 12.8 Å². The molecule has 108 valence electrons. The third kappa shape index (κ3) is 2.99. The second-order valence-electron chi connectivity index (χ2n) is 4.99. The Labute approximate surface area is 139 Å². The van der Waals surface area contributed by atoms with Gasteiger partial charge in [0.1, 0.15) is 5.75 Å². The zero-order chi connectivity index (χ0) is 15.0. The molecule has 1 aliphatic heterocycles. The molecule has 1 heterocycles. The van der Waals surface area contributed by atoms with E-state index in [4.69, 9.17) is 10.5 Å². The van der Waals surface area contributed by atoms with Gasteiger partial charge < -0.3 is 10.5 Å². The first-order valence-corrected chi connectivity index (χ1v) is 8.15. The molecule has 1 aliphatic rings. The largest absolute Gasteiger partial charge is 0.493 e. The molecule has 0 atom stereocenters. The fourth-order valence-electron chi connectivity index (χ4n) is 2.50. The number of rotatable bonds is 3. The van der Waals surface area contributed by atoms with Crippen LogP contribution in [0.1, 0.15) is 21.5 Å². The van der Waals surface area contributed by atoms with Crippen molar-refractivity contribution in [2.24, 2.45) is 0 Å². The molecule has 2 aromatic rings. The number of benzene rings is 2. The number of fused-ring (bicyclic) bond motifs is 1. The molecule has 0 aliphatic carbocycles. The van der Waals surface area contributed by atoms with E-state index in [2.05, 4.69) is 31.9 Å². The zero-order valence-corrected chi connectivity index (χ0v) is 14.3. The van der Waals surface area contributed by atoms with Crippen LogP contribution in [0.4, 0.5) is 5.69 Å². The Morgan fingerprint density at radius 3 is 2.86 bits per heavy atom. The van der Waals surface area contributed by atoms with Gasteiger partial charge in [-0.25, -0.2) is 0 Å². The molecule has 0 aromatic heterocycles. The summed E-state index contributed by atoms with van der Waals surface area (Å²) in [5, 5.41) is 0. The van der Waals surface area contributed by atoms with Gasteiger partial charge in [-0.05, 0) is 35.9 Å². The van der Waals surface area contributed by atoms with Crippen molar-refractivity contribution in [1.29, 1.82) is 0 Å². The normalized spacial score (nSPS) is 12.9. The molecule has 0 amide bonds. The zero-order valence-electron chi connectivity index (χ0n) is 11.2. The van der Waals surface area contributed by atoms with E-state index in [1.165, 1.54) is 0 Å². The van der Waals surface area contributed by atoms with Crippen LogP contribution in [0.5, 0.6) is 5.75 Å². The number of Topliss-reactive ketones (excluding diaryl/α,β-unsaturated/α-hetero) is 1. The maximum atomic E-state index is 12.5. The molecule has 21 heavy (non-hydrogen) atoms. The smallest absolute Gasteiger partial charge is 0.168 e. The van der Waals surface area contributed by atoms with Crippen LogP contribution in [0.2, 0.25) is 0 Å².